The lowest BCUT2D eigenvalue weighted by atomic mass is 9.41. The zero-order chi connectivity index (χ0) is 20.8. The van der Waals surface area contributed by atoms with Gasteiger partial charge in [-0.1, -0.05) is 79.6 Å². The predicted molar refractivity (Wildman–Crippen MR) is 124 cm³/mol. The van der Waals surface area contributed by atoms with Crippen molar-refractivity contribution in [1.29, 1.82) is 0 Å². The van der Waals surface area contributed by atoms with Gasteiger partial charge in [-0.3, -0.25) is 0 Å². The molecule has 0 spiro atoms. The summed E-state index contributed by atoms with van der Waals surface area (Å²) in [5.41, 5.74) is 0.999. The third kappa shape index (κ3) is 3.44. The fourth-order valence-electron chi connectivity index (χ4n) is 9.93. The SMILES string of the molecule is CCCCCC(C)C1CCC2C3C(O)C(CC)C4CCCCC4(C)C3CCC12C. The molecule has 168 valence electrons. The predicted octanol–water partition coefficient (Wildman–Crippen LogP) is 7.86. The normalized spacial score (nSPS) is 50.5. The summed E-state index contributed by atoms with van der Waals surface area (Å²) >= 11 is 0. The lowest BCUT2D eigenvalue weighted by molar-refractivity contribution is -0.194. The molecule has 4 aliphatic carbocycles. The Bertz CT molecular complexity index is 557. The molecule has 4 aliphatic rings. The third-order valence-corrected chi connectivity index (χ3v) is 11.4. The molecule has 0 aromatic rings. The van der Waals surface area contributed by atoms with Crippen LogP contribution in [0.1, 0.15) is 118 Å². The van der Waals surface area contributed by atoms with Gasteiger partial charge in [0.15, 0.2) is 0 Å². The molecule has 0 amide bonds. The van der Waals surface area contributed by atoms with Crippen molar-refractivity contribution in [3.63, 3.8) is 0 Å². The van der Waals surface area contributed by atoms with Gasteiger partial charge in [-0.15, -0.1) is 0 Å². The first-order valence-electron chi connectivity index (χ1n) is 13.6. The fraction of sp³-hybridized carbons (Fsp3) is 1.00. The number of rotatable bonds is 6. The van der Waals surface area contributed by atoms with Crippen LogP contribution in [-0.4, -0.2) is 11.2 Å². The summed E-state index contributed by atoms with van der Waals surface area (Å²) < 4.78 is 0. The smallest absolute Gasteiger partial charge is 0.0605 e. The number of aliphatic hydroxyl groups is 1. The van der Waals surface area contributed by atoms with E-state index in [-0.39, 0.29) is 6.10 Å². The molecule has 0 aromatic carbocycles. The van der Waals surface area contributed by atoms with Crippen molar-refractivity contribution in [3.8, 4) is 0 Å². The molecule has 4 rings (SSSR count). The van der Waals surface area contributed by atoms with Crippen molar-refractivity contribution in [2.24, 2.45) is 52.3 Å². The number of hydrogen-bond donors (Lipinski definition) is 1. The van der Waals surface area contributed by atoms with Crippen molar-refractivity contribution in [2.45, 2.75) is 124 Å². The summed E-state index contributed by atoms with van der Waals surface area (Å²) in [5.74, 6) is 5.27. The highest BCUT2D eigenvalue weighted by Gasteiger charge is 2.64. The van der Waals surface area contributed by atoms with Crippen LogP contribution in [0, 0.1) is 52.3 Å². The molecular weight excluding hydrogens is 352 g/mol. The van der Waals surface area contributed by atoms with Crippen LogP contribution in [0.25, 0.3) is 0 Å². The largest absolute Gasteiger partial charge is 0.393 e. The summed E-state index contributed by atoms with van der Waals surface area (Å²) in [5, 5.41) is 11.8. The van der Waals surface area contributed by atoms with Gasteiger partial charge in [-0.05, 0) is 90.8 Å². The Morgan fingerprint density at radius 2 is 1.62 bits per heavy atom. The maximum atomic E-state index is 11.8. The molecule has 4 fully saturated rings. The van der Waals surface area contributed by atoms with Crippen molar-refractivity contribution in [2.75, 3.05) is 0 Å². The quantitative estimate of drug-likeness (QED) is 0.448. The minimum atomic E-state index is -0.0278. The highest BCUT2D eigenvalue weighted by Crippen LogP contribution is 2.69. The summed E-state index contributed by atoms with van der Waals surface area (Å²) in [7, 11) is 0. The molecule has 10 unspecified atom stereocenters. The molecule has 0 saturated heterocycles. The molecule has 0 aromatic heterocycles. The monoisotopic (exact) mass is 402 g/mol. The Morgan fingerprint density at radius 3 is 2.34 bits per heavy atom. The molecule has 0 heterocycles. The topological polar surface area (TPSA) is 20.2 Å². The van der Waals surface area contributed by atoms with E-state index < -0.39 is 0 Å². The van der Waals surface area contributed by atoms with Crippen LogP contribution in [0.5, 0.6) is 0 Å². The Morgan fingerprint density at radius 1 is 0.862 bits per heavy atom. The second-order valence-corrected chi connectivity index (χ2v) is 12.4. The van der Waals surface area contributed by atoms with Crippen molar-refractivity contribution < 1.29 is 5.11 Å². The first-order valence-corrected chi connectivity index (χ1v) is 13.6. The van der Waals surface area contributed by atoms with Gasteiger partial charge in [-0.2, -0.15) is 0 Å². The molecular formula is C28H50O. The number of unbranched alkanes of at least 4 members (excludes halogenated alkanes) is 2. The molecule has 1 nitrogen and oxygen atoms in total. The van der Waals surface area contributed by atoms with Crippen molar-refractivity contribution in [1.82, 2.24) is 0 Å². The van der Waals surface area contributed by atoms with E-state index in [2.05, 4.69) is 34.6 Å². The second-order valence-electron chi connectivity index (χ2n) is 12.4. The van der Waals surface area contributed by atoms with Crippen LogP contribution < -0.4 is 0 Å². The first kappa shape index (κ1) is 22.2. The van der Waals surface area contributed by atoms with Crippen LogP contribution in [0.4, 0.5) is 0 Å². The maximum absolute atomic E-state index is 11.8. The van der Waals surface area contributed by atoms with Crippen molar-refractivity contribution >= 4 is 0 Å². The summed E-state index contributed by atoms with van der Waals surface area (Å²) in [6.07, 6.45) is 18.1. The standard InChI is InChI=1S/C28H50O/c1-6-8-9-12-19(3)21-14-15-23-25-24(16-18-28(21,23)5)27(4)17-11-10-13-22(27)20(7-2)26(25)29/h19-26,29H,6-18H2,1-5H3. The number of aliphatic hydroxyl groups excluding tert-OH is 1. The summed E-state index contributed by atoms with van der Waals surface area (Å²) in [4.78, 5) is 0. The Hall–Kier alpha value is -0.0400. The van der Waals surface area contributed by atoms with Crippen LogP contribution in [0.2, 0.25) is 0 Å². The number of hydrogen-bond acceptors (Lipinski definition) is 1. The van der Waals surface area contributed by atoms with E-state index in [0.29, 0.717) is 22.7 Å². The molecule has 0 radical (unpaired) electrons. The van der Waals surface area contributed by atoms with Gasteiger partial charge in [0.05, 0.1) is 6.10 Å². The lowest BCUT2D eigenvalue weighted by Crippen LogP contribution is -2.61. The van der Waals surface area contributed by atoms with Gasteiger partial charge in [0.25, 0.3) is 0 Å². The van der Waals surface area contributed by atoms with Gasteiger partial charge in [0, 0.05) is 0 Å². The van der Waals surface area contributed by atoms with Gasteiger partial charge < -0.3 is 5.11 Å². The molecule has 1 heteroatoms. The number of fused-ring (bicyclic) bond motifs is 5. The summed E-state index contributed by atoms with van der Waals surface area (Å²) in [6.45, 7) is 12.6. The Labute approximate surface area is 181 Å². The van der Waals surface area contributed by atoms with E-state index in [1.54, 1.807) is 0 Å². The second kappa shape index (κ2) is 8.48. The van der Waals surface area contributed by atoms with Crippen LogP contribution in [0.15, 0.2) is 0 Å². The van der Waals surface area contributed by atoms with E-state index in [1.165, 1.54) is 83.5 Å². The lowest BCUT2D eigenvalue weighted by Gasteiger charge is -2.64. The average Bonchev–Trinajstić information content (AvgIpc) is 3.06. The van der Waals surface area contributed by atoms with Gasteiger partial charge in [-0.25, -0.2) is 0 Å². The maximum Gasteiger partial charge on any atom is 0.0605 e. The molecule has 29 heavy (non-hydrogen) atoms. The zero-order valence-corrected chi connectivity index (χ0v) is 20.3. The minimum Gasteiger partial charge on any atom is -0.393 e. The Balaban J connectivity index is 1.59. The van der Waals surface area contributed by atoms with E-state index in [0.717, 1.165) is 29.6 Å². The third-order valence-electron chi connectivity index (χ3n) is 11.4. The minimum absolute atomic E-state index is 0.0278. The molecule has 1 N–H and O–H groups in total. The van der Waals surface area contributed by atoms with E-state index in [9.17, 15) is 5.11 Å². The first-order chi connectivity index (χ1) is 13.9. The highest BCUT2D eigenvalue weighted by molar-refractivity contribution is 5.13. The van der Waals surface area contributed by atoms with E-state index in [1.807, 2.05) is 0 Å². The molecule has 0 bridgehead atoms. The molecule has 10 atom stereocenters. The van der Waals surface area contributed by atoms with Gasteiger partial charge in [0.2, 0.25) is 0 Å². The van der Waals surface area contributed by atoms with Gasteiger partial charge >= 0.3 is 0 Å². The van der Waals surface area contributed by atoms with Crippen LogP contribution in [-0.2, 0) is 0 Å². The summed E-state index contributed by atoms with van der Waals surface area (Å²) in [6, 6.07) is 0. The highest BCUT2D eigenvalue weighted by atomic mass is 16.3. The average molecular weight is 403 g/mol. The molecule has 0 aliphatic heterocycles. The van der Waals surface area contributed by atoms with Gasteiger partial charge in [0.1, 0.15) is 0 Å². The van der Waals surface area contributed by atoms with Crippen LogP contribution in [0.3, 0.4) is 0 Å². The van der Waals surface area contributed by atoms with E-state index >= 15 is 0 Å². The Kier molecular flexibility index (Phi) is 6.48. The fourth-order valence-corrected chi connectivity index (χ4v) is 9.93. The van der Waals surface area contributed by atoms with Crippen LogP contribution >= 0.6 is 0 Å². The van der Waals surface area contributed by atoms with E-state index in [4.69, 9.17) is 0 Å². The van der Waals surface area contributed by atoms with Crippen molar-refractivity contribution in [3.05, 3.63) is 0 Å². The molecule has 4 saturated carbocycles. The zero-order valence-electron chi connectivity index (χ0n) is 20.3.